The second-order valence-electron chi connectivity index (χ2n) is 4.64. The number of β-amino-alcohol motifs (C(OH)–C–C–N with tert-alkyl or cyclic N) is 1. The highest BCUT2D eigenvalue weighted by molar-refractivity contribution is 7.80. The van der Waals surface area contributed by atoms with Crippen LogP contribution < -0.4 is 0 Å². The summed E-state index contributed by atoms with van der Waals surface area (Å²) in [6, 6.07) is 4.07. The summed E-state index contributed by atoms with van der Waals surface area (Å²) in [6.45, 7) is 2.53. The van der Waals surface area contributed by atoms with Crippen molar-refractivity contribution < 1.29 is 14.3 Å². The van der Waals surface area contributed by atoms with E-state index in [1.807, 2.05) is 0 Å². The molecule has 1 N–H and O–H groups in total. The molecule has 1 aromatic carbocycles. The van der Waals surface area contributed by atoms with Crippen molar-refractivity contribution in [3.63, 3.8) is 0 Å². The van der Waals surface area contributed by atoms with Gasteiger partial charge in [-0.2, -0.15) is 0 Å². The Labute approximate surface area is 105 Å². The number of hydrogen-bond donors (Lipinski definition) is 2. The zero-order valence-electron chi connectivity index (χ0n) is 9.48. The SMILES string of the molecule is CC1(O)CCN(C(=O)c2ccc(F)c(S)c2)C1. The normalized spacial score (nSPS) is 24.1. The molecule has 3 nitrogen and oxygen atoms in total. The molecule has 1 amide bonds. The first kappa shape index (κ1) is 12.4. The number of amides is 1. The number of likely N-dealkylation sites (tertiary alicyclic amines) is 1. The Kier molecular flexibility index (Phi) is 3.14. The summed E-state index contributed by atoms with van der Waals surface area (Å²) in [4.78, 5) is 13.8. The molecule has 0 spiro atoms. The van der Waals surface area contributed by atoms with Gasteiger partial charge >= 0.3 is 0 Å². The summed E-state index contributed by atoms with van der Waals surface area (Å²) < 4.78 is 13.0. The van der Waals surface area contributed by atoms with E-state index in [-0.39, 0.29) is 10.8 Å². The molecule has 0 aliphatic carbocycles. The molecule has 0 saturated carbocycles. The average Bonchev–Trinajstić information content (AvgIpc) is 2.62. The zero-order chi connectivity index (χ0) is 12.6. The van der Waals surface area contributed by atoms with Crippen LogP contribution in [0.15, 0.2) is 23.1 Å². The molecule has 1 aliphatic heterocycles. The highest BCUT2D eigenvalue weighted by atomic mass is 32.1. The largest absolute Gasteiger partial charge is 0.388 e. The van der Waals surface area contributed by atoms with Gasteiger partial charge in [0, 0.05) is 23.5 Å². The molecule has 1 aliphatic rings. The van der Waals surface area contributed by atoms with Crippen LogP contribution in [0.25, 0.3) is 0 Å². The van der Waals surface area contributed by atoms with Gasteiger partial charge in [-0.3, -0.25) is 4.79 Å². The summed E-state index contributed by atoms with van der Waals surface area (Å²) in [6.07, 6.45) is 0.563. The van der Waals surface area contributed by atoms with Crippen molar-refractivity contribution in [2.24, 2.45) is 0 Å². The zero-order valence-corrected chi connectivity index (χ0v) is 10.4. The summed E-state index contributed by atoms with van der Waals surface area (Å²) >= 11 is 3.94. The molecule has 0 aromatic heterocycles. The molecule has 1 saturated heterocycles. The van der Waals surface area contributed by atoms with Gasteiger partial charge in [-0.05, 0) is 31.5 Å². The lowest BCUT2D eigenvalue weighted by molar-refractivity contribution is 0.0572. The average molecular weight is 255 g/mol. The van der Waals surface area contributed by atoms with E-state index in [4.69, 9.17) is 0 Å². The van der Waals surface area contributed by atoms with Gasteiger partial charge in [0.1, 0.15) is 5.82 Å². The highest BCUT2D eigenvalue weighted by Gasteiger charge is 2.34. The molecule has 92 valence electrons. The number of halogens is 1. The minimum absolute atomic E-state index is 0.154. The molecule has 5 heteroatoms. The summed E-state index contributed by atoms with van der Waals surface area (Å²) in [5.74, 6) is -0.642. The minimum atomic E-state index is -0.820. The summed E-state index contributed by atoms with van der Waals surface area (Å²) in [5.41, 5.74) is -0.423. The smallest absolute Gasteiger partial charge is 0.253 e. The van der Waals surface area contributed by atoms with Crippen LogP contribution in [-0.4, -0.2) is 34.6 Å². The maximum atomic E-state index is 13.0. The second kappa shape index (κ2) is 4.31. The van der Waals surface area contributed by atoms with Crippen LogP contribution in [0.3, 0.4) is 0 Å². The maximum Gasteiger partial charge on any atom is 0.253 e. The Hall–Kier alpha value is -1.07. The Bertz CT molecular complexity index is 462. The van der Waals surface area contributed by atoms with E-state index in [0.29, 0.717) is 25.1 Å². The first-order valence-electron chi connectivity index (χ1n) is 5.39. The standard InChI is InChI=1S/C12H14FNO2S/c1-12(16)4-5-14(7-12)11(15)8-2-3-9(13)10(17)6-8/h2-3,6,16-17H,4-5,7H2,1H3. The molecule has 1 atom stereocenters. The van der Waals surface area contributed by atoms with E-state index >= 15 is 0 Å². The van der Waals surface area contributed by atoms with Crippen molar-refractivity contribution in [1.29, 1.82) is 0 Å². The molecule has 0 radical (unpaired) electrons. The third-order valence-corrected chi connectivity index (χ3v) is 3.27. The van der Waals surface area contributed by atoms with Crippen LogP contribution >= 0.6 is 12.6 Å². The van der Waals surface area contributed by atoms with Crippen molar-refractivity contribution in [2.45, 2.75) is 23.8 Å². The van der Waals surface area contributed by atoms with Gasteiger partial charge in [0.25, 0.3) is 5.91 Å². The third-order valence-electron chi connectivity index (χ3n) is 2.93. The van der Waals surface area contributed by atoms with Gasteiger partial charge in [-0.1, -0.05) is 0 Å². The molecule has 17 heavy (non-hydrogen) atoms. The van der Waals surface area contributed by atoms with Crippen molar-refractivity contribution in [2.75, 3.05) is 13.1 Å². The lowest BCUT2D eigenvalue weighted by atomic mass is 10.1. The van der Waals surface area contributed by atoms with Crippen molar-refractivity contribution in [3.05, 3.63) is 29.6 Å². The molecular formula is C12H14FNO2S. The van der Waals surface area contributed by atoms with Crippen LogP contribution in [0.5, 0.6) is 0 Å². The highest BCUT2D eigenvalue weighted by Crippen LogP contribution is 2.23. The van der Waals surface area contributed by atoms with Gasteiger partial charge in [-0.25, -0.2) is 4.39 Å². The molecular weight excluding hydrogens is 241 g/mol. The number of benzene rings is 1. The number of nitrogens with zero attached hydrogens (tertiary/aromatic N) is 1. The molecule has 1 aromatic rings. The van der Waals surface area contributed by atoms with Gasteiger partial charge in [0.2, 0.25) is 0 Å². The fraction of sp³-hybridized carbons (Fsp3) is 0.417. The first-order valence-corrected chi connectivity index (χ1v) is 5.84. The fourth-order valence-electron chi connectivity index (χ4n) is 1.95. The van der Waals surface area contributed by atoms with Gasteiger partial charge < -0.3 is 10.0 Å². The maximum absolute atomic E-state index is 13.0. The summed E-state index contributed by atoms with van der Waals surface area (Å²) in [5, 5.41) is 9.79. The van der Waals surface area contributed by atoms with E-state index in [9.17, 15) is 14.3 Å². The van der Waals surface area contributed by atoms with Crippen LogP contribution in [0.1, 0.15) is 23.7 Å². The molecule has 1 unspecified atom stereocenters. The number of rotatable bonds is 1. The molecule has 0 bridgehead atoms. The van der Waals surface area contributed by atoms with Crippen LogP contribution in [0.2, 0.25) is 0 Å². The quantitative estimate of drug-likeness (QED) is 0.750. The number of carbonyl (C=O) groups is 1. The van der Waals surface area contributed by atoms with Crippen molar-refractivity contribution >= 4 is 18.5 Å². The predicted molar refractivity (Wildman–Crippen MR) is 64.8 cm³/mol. The van der Waals surface area contributed by atoms with E-state index in [1.54, 1.807) is 11.8 Å². The monoisotopic (exact) mass is 255 g/mol. The van der Waals surface area contributed by atoms with Crippen LogP contribution in [0, 0.1) is 5.82 Å². The van der Waals surface area contributed by atoms with E-state index in [1.165, 1.54) is 18.2 Å². The minimum Gasteiger partial charge on any atom is -0.388 e. The number of aliphatic hydroxyl groups is 1. The first-order chi connectivity index (χ1) is 7.89. The number of carbonyl (C=O) groups excluding carboxylic acids is 1. The topological polar surface area (TPSA) is 40.5 Å². The van der Waals surface area contributed by atoms with E-state index < -0.39 is 11.4 Å². The van der Waals surface area contributed by atoms with Gasteiger partial charge in [-0.15, -0.1) is 12.6 Å². The van der Waals surface area contributed by atoms with Crippen LogP contribution in [-0.2, 0) is 0 Å². The molecule has 2 rings (SSSR count). The fourth-order valence-corrected chi connectivity index (χ4v) is 2.16. The van der Waals surface area contributed by atoms with Gasteiger partial charge in [0.05, 0.1) is 5.60 Å². The molecule has 1 fully saturated rings. The van der Waals surface area contributed by atoms with E-state index in [2.05, 4.69) is 12.6 Å². The van der Waals surface area contributed by atoms with Crippen molar-refractivity contribution in [3.8, 4) is 0 Å². The number of hydrogen-bond acceptors (Lipinski definition) is 3. The van der Waals surface area contributed by atoms with Crippen molar-refractivity contribution in [1.82, 2.24) is 4.90 Å². The Balaban J connectivity index is 2.18. The van der Waals surface area contributed by atoms with Crippen LogP contribution in [0.4, 0.5) is 4.39 Å². The van der Waals surface area contributed by atoms with E-state index in [0.717, 1.165) is 0 Å². The Morgan fingerprint density at radius 3 is 2.82 bits per heavy atom. The number of thiol groups is 1. The Morgan fingerprint density at radius 1 is 1.59 bits per heavy atom. The molecule has 1 heterocycles. The van der Waals surface area contributed by atoms with Gasteiger partial charge in [0.15, 0.2) is 0 Å². The second-order valence-corrected chi connectivity index (χ2v) is 5.12. The Morgan fingerprint density at radius 2 is 2.29 bits per heavy atom. The lowest BCUT2D eigenvalue weighted by Crippen LogP contribution is -2.33. The lowest BCUT2D eigenvalue weighted by Gasteiger charge is -2.19. The summed E-state index contributed by atoms with van der Waals surface area (Å²) in [7, 11) is 0. The predicted octanol–water partition coefficient (Wildman–Crippen LogP) is 1.71. The third kappa shape index (κ3) is 2.61.